The third-order valence-electron chi connectivity index (χ3n) is 3.61. The first-order valence-corrected chi connectivity index (χ1v) is 6.42. The van der Waals surface area contributed by atoms with Crippen LogP contribution in [0.25, 0.3) is 0 Å². The first kappa shape index (κ1) is 15.6. The molecule has 1 aliphatic rings. The number of nitrogens with zero attached hydrogens (tertiary/aromatic N) is 4. The van der Waals surface area contributed by atoms with Crippen LogP contribution in [-0.4, -0.2) is 57.5 Å². The average Bonchev–Trinajstić information content (AvgIpc) is 2.45. The van der Waals surface area contributed by atoms with Crippen LogP contribution in [0.1, 0.15) is 11.6 Å². The molecule has 0 spiro atoms. The fraction of sp³-hybridized carbons (Fsp3) is 0.417. The monoisotopic (exact) mass is 310 g/mol. The van der Waals surface area contributed by atoms with Gasteiger partial charge >= 0.3 is 6.09 Å². The number of hydrogen-bond donors (Lipinski definition) is 1. The lowest BCUT2D eigenvalue weighted by Gasteiger charge is -2.38. The van der Waals surface area contributed by atoms with Crippen LogP contribution in [0.4, 0.5) is 16.2 Å². The predicted molar refractivity (Wildman–Crippen MR) is 74.7 cm³/mol. The van der Waals surface area contributed by atoms with Gasteiger partial charge in [0.15, 0.2) is 0 Å². The highest BCUT2D eigenvalue weighted by molar-refractivity contribution is 5.67. The van der Waals surface area contributed by atoms with E-state index >= 15 is 0 Å². The molecule has 1 aromatic rings. The maximum absolute atomic E-state index is 11.3. The molecule has 2 rings (SSSR count). The van der Waals surface area contributed by atoms with E-state index < -0.39 is 33.4 Å². The van der Waals surface area contributed by atoms with Crippen LogP contribution in [0.2, 0.25) is 0 Å². The zero-order valence-corrected chi connectivity index (χ0v) is 11.7. The van der Waals surface area contributed by atoms with E-state index in [0.29, 0.717) is 6.54 Å². The summed E-state index contributed by atoms with van der Waals surface area (Å²) in [5.41, 5.74) is -0.688. The Labute approximate surface area is 124 Å². The smallest absolute Gasteiger partial charge is 0.407 e. The molecule has 1 aliphatic heterocycles. The number of piperazine rings is 1. The Morgan fingerprint density at radius 3 is 2.50 bits per heavy atom. The summed E-state index contributed by atoms with van der Waals surface area (Å²) in [7, 11) is 1.78. The molecule has 1 fully saturated rings. The summed E-state index contributed by atoms with van der Waals surface area (Å²) >= 11 is 0. The maximum Gasteiger partial charge on any atom is 0.407 e. The van der Waals surface area contributed by atoms with Crippen LogP contribution in [0.15, 0.2) is 18.2 Å². The molecule has 1 saturated heterocycles. The van der Waals surface area contributed by atoms with Gasteiger partial charge in [0.25, 0.3) is 11.4 Å². The largest absolute Gasteiger partial charge is 0.465 e. The molecule has 0 aliphatic carbocycles. The third-order valence-corrected chi connectivity index (χ3v) is 3.61. The van der Waals surface area contributed by atoms with E-state index in [0.717, 1.165) is 17.0 Å². The zero-order valence-electron chi connectivity index (χ0n) is 11.7. The van der Waals surface area contributed by atoms with E-state index in [1.54, 1.807) is 7.05 Å². The minimum absolute atomic E-state index is 0.157. The van der Waals surface area contributed by atoms with Crippen molar-refractivity contribution in [3.05, 3.63) is 44.0 Å². The van der Waals surface area contributed by atoms with Gasteiger partial charge in [-0.2, -0.15) is 0 Å². The molecule has 0 bridgehead atoms. The van der Waals surface area contributed by atoms with Gasteiger partial charge in [-0.25, -0.2) is 4.79 Å². The number of rotatable bonds is 3. The molecule has 0 aromatic heterocycles. The Kier molecular flexibility index (Phi) is 4.22. The van der Waals surface area contributed by atoms with Gasteiger partial charge in [0.1, 0.15) is 0 Å². The number of carbonyl (C=O) groups is 1. The van der Waals surface area contributed by atoms with Crippen LogP contribution in [0.5, 0.6) is 0 Å². The lowest BCUT2D eigenvalue weighted by molar-refractivity contribution is -0.394. The highest BCUT2D eigenvalue weighted by Crippen LogP contribution is 2.34. The van der Waals surface area contributed by atoms with Crippen LogP contribution in [0, 0.1) is 20.2 Å². The molecule has 0 radical (unpaired) electrons. The number of non-ortho nitro benzene ring substituents is 1. The SMILES string of the molecule is CN1CCN(C(=O)O)C(c2ccc([N+](=O)[O-])cc2[N+](=O)[O-])C1. The van der Waals surface area contributed by atoms with Crippen molar-refractivity contribution < 1.29 is 19.7 Å². The highest BCUT2D eigenvalue weighted by atomic mass is 16.6. The molecule has 1 heterocycles. The van der Waals surface area contributed by atoms with Crippen molar-refractivity contribution in [1.82, 2.24) is 9.80 Å². The van der Waals surface area contributed by atoms with Gasteiger partial charge in [-0.1, -0.05) is 0 Å². The van der Waals surface area contributed by atoms with Gasteiger partial charge in [0, 0.05) is 25.7 Å². The molecular formula is C12H14N4O6. The van der Waals surface area contributed by atoms with Gasteiger partial charge in [-0.3, -0.25) is 25.1 Å². The summed E-state index contributed by atoms with van der Waals surface area (Å²) in [6, 6.07) is 2.54. The molecule has 22 heavy (non-hydrogen) atoms. The first-order valence-electron chi connectivity index (χ1n) is 6.42. The number of amides is 1. The molecule has 118 valence electrons. The first-order chi connectivity index (χ1) is 10.3. The standard InChI is InChI=1S/C12H14N4O6/c1-13-4-5-14(12(17)18)11(7-13)9-3-2-8(15(19)20)6-10(9)16(21)22/h2-3,6,11H,4-5,7H2,1H3,(H,17,18). The van der Waals surface area contributed by atoms with Gasteiger partial charge < -0.3 is 10.0 Å². The van der Waals surface area contributed by atoms with Crippen molar-refractivity contribution in [1.29, 1.82) is 0 Å². The van der Waals surface area contributed by atoms with E-state index in [9.17, 15) is 30.1 Å². The van der Waals surface area contributed by atoms with E-state index in [1.807, 2.05) is 4.90 Å². The molecule has 1 N–H and O–H groups in total. The van der Waals surface area contributed by atoms with E-state index in [1.165, 1.54) is 6.07 Å². The molecule has 10 heteroatoms. The maximum atomic E-state index is 11.3. The summed E-state index contributed by atoms with van der Waals surface area (Å²) in [5.74, 6) is 0. The lowest BCUT2D eigenvalue weighted by atomic mass is 10.0. The second kappa shape index (κ2) is 5.93. The predicted octanol–water partition coefficient (Wildman–Crippen LogP) is 1.47. The molecular weight excluding hydrogens is 296 g/mol. The summed E-state index contributed by atoms with van der Waals surface area (Å²) < 4.78 is 0. The quantitative estimate of drug-likeness (QED) is 0.660. The van der Waals surface area contributed by atoms with Crippen molar-refractivity contribution in [3.63, 3.8) is 0 Å². The number of benzene rings is 1. The van der Waals surface area contributed by atoms with Crippen molar-refractivity contribution in [2.75, 3.05) is 26.7 Å². The van der Waals surface area contributed by atoms with E-state index in [-0.39, 0.29) is 18.7 Å². The van der Waals surface area contributed by atoms with Gasteiger partial charge in [0.05, 0.1) is 27.5 Å². The van der Waals surface area contributed by atoms with Gasteiger partial charge in [0.2, 0.25) is 0 Å². The lowest BCUT2D eigenvalue weighted by Crippen LogP contribution is -2.48. The Balaban J connectivity index is 2.50. The normalized spacial score (nSPS) is 19.0. The minimum atomic E-state index is -1.18. The number of hydrogen-bond acceptors (Lipinski definition) is 6. The van der Waals surface area contributed by atoms with E-state index in [4.69, 9.17) is 0 Å². The van der Waals surface area contributed by atoms with Gasteiger partial charge in [-0.15, -0.1) is 0 Å². The van der Waals surface area contributed by atoms with Crippen molar-refractivity contribution in [3.8, 4) is 0 Å². The Morgan fingerprint density at radius 1 is 1.27 bits per heavy atom. The molecule has 1 unspecified atom stereocenters. The van der Waals surface area contributed by atoms with Crippen LogP contribution >= 0.6 is 0 Å². The fourth-order valence-corrected chi connectivity index (χ4v) is 2.50. The Bertz CT molecular complexity index is 634. The fourth-order valence-electron chi connectivity index (χ4n) is 2.50. The average molecular weight is 310 g/mol. The second-order valence-electron chi connectivity index (χ2n) is 5.01. The number of nitro groups is 2. The molecule has 1 aromatic carbocycles. The van der Waals surface area contributed by atoms with Crippen molar-refractivity contribution in [2.45, 2.75) is 6.04 Å². The second-order valence-corrected chi connectivity index (χ2v) is 5.01. The van der Waals surface area contributed by atoms with Crippen LogP contribution < -0.4 is 0 Å². The minimum Gasteiger partial charge on any atom is -0.465 e. The molecule has 0 saturated carbocycles. The summed E-state index contributed by atoms with van der Waals surface area (Å²) in [4.78, 5) is 34.8. The summed E-state index contributed by atoms with van der Waals surface area (Å²) in [5, 5.41) is 31.2. The zero-order chi connectivity index (χ0) is 16.4. The molecule has 1 amide bonds. The number of likely N-dealkylation sites (N-methyl/N-ethyl adjacent to an activating group) is 1. The van der Waals surface area contributed by atoms with Crippen molar-refractivity contribution >= 4 is 17.5 Å². The van der Waals surface area contributed by atoms with Gasteiger partial charge in [-0.05, 0) is 13.1 Å². The van der Waals surface area contributed by atoms with Crippen molar-refractivity contribution in [2.24, 2.45) is 0 Å². The number of nitro benzene ring substituents is 2. The number of carboxylic acid groups (broad SMARTS) is 1. The summed E-state index contributed by atoms with van der Waals surface area (Å²) in [6.45, 7) is 1.01. The topological polar surface area (TPSA) is 130 Å². The molecule has 1 atom stereocenters. The Hall–Kier alpha value is -2.75. The Morgan fingerprint density at radius 2 is 1.95 bits per heavy atom. The van der Waals surface area contributed by atoms with Crippen LogP contribution in [0.3, 0.4) is 0 Å². The van der Waals surface area contributed by atoms with E-state index in [2.05, 4.69) is 0 Å². The highest BCUT2D eigenvalue weighted by Gasteiger charge is 2.35. The molecule has 10 nitrogen and oxygen atoms in total. The summed E-state index contributed by atoms with van der Waals surface area (Å²) in [6.07, 6.45) is -1.18. The third kappa shape index (κ3) is 2.96. The van der Waals surface area contributed by atoms with Crippen LogP contribution in [-0.2, 0) is 0 Å².